The van der Waals surface area contributed by atoms with Gasteiger partial charge in [-0.15, -0.1) is 11.3 Å². The Morgan fingerprint density at radius 3 is 2.47 bits per heavy atom. The molecule has 0 saturated carbocycles. The average Bonchev–Trinajstić information content (AvgIpc) is 3.19. The van der Waals surface area contributed by atoms with Gasteiger partial charge in [0.05, 0.1) is 25.5 Å². The number of Topliss-reactive ketones (excluding diaryl/α,β-unsaturated/α-hetero) is 1. The normalized spacial score (nSPS) is 10.6. The number of aromatic nitrogens is 1. The van der Waals surface area contributed by atoms with Crippen molar-refractivity contribution in [1.29, 1.82) is 0 Å². The Hall–Kier alpha value is -2.90. The maximum absolute atomic E-state index is 12.7. The zero-order valence-electron chi connectivity index (χ0n) is 18.2. The van der Waals surface area contributed by atoms with Gasteiger partial charge < -0.3 is 14.8 Å². The van der Waals surface area contributed by atoms with Crippen molar-refractivity contribution in [3.8, 4) is 22.8 Å². The van der Waals surface area contributed by atoms with E-state index >= 15 is 0 Å². The molecule has 0 saturated heterocycles. The van der Waals surface area contributed by atoms with Gasteiger partial charge in [0.1, 0.15) is 11.5 Å². The van der Waals surface area contributed by atoms with Crippen LogP contribution in [0.5, 0.6) is 11.5 Å². The van der Waals surface area contributed by atoms with Gasteiger partial charge >= 0.3 is 0 Å². The van der Waals surface area contributed by atoms with Crippen LogP contribution in [-0.2, 0) is 11.2 Å². The lowest BCUT2D eigenvalue weighted by Gasteiger charge is -2.09. The van der Waals surface area contributed by atoms with Crippen LogP contribution in [0.2, 0.25) is 5.02 Å². The molecule has 2 aromatic carbocycles. The van der Waals surface area contributed by atoms with Crippen LogP contribution in [0.3, 0.4) is 0 Å². The van der Waals surface area contributed by atoms with Crippen molar-refractivity contribution >= 4 is 39.8 Å². The topological polar surface area (TPSA) is 77.5 Å². The van der Waals surface area contributed by atoms with Crippen LogP contribution in [0.15, 0.2) is 42.5 Å². The van der Waals surface area contributed by atoms with Gasteiger partial charge in [-0.1, -0.05) is 37.1 Å². The van der Waals surface area contributed by atoms with Crippen molar-refractivity contribution in [3.05, 3.63) is 57.9 Å². The number of ether oxygens (including phenoxy) is 2. The molecule has 3 rings (SSSR count). The highest BCUT2D eigenvalue weighted by atomic mass is 35.5. The summed E-state index contributed by atoms with van der Waals surface area (Å²) in [7, 11) is 3.03. The van der Waals surface area contributed by atoms with E-state index in [0.717, 1.165) is 29.0 Å². The molecule has 0 aliphatic heterocycles. The largest absolute Gasteiger partial charge is 0.497 e. The van der Waals surface area contributed by atoms with Crippen LogP contribution in [0.1, 0.15) is 41.4 Å². The van der Waals surface area contributed by atoms with Gasteiger partial charge in [0.2, 0.25) is 5.91 Å². The number of carbonyl (C=O) groups excluding carboxylic acids is 2. The number of carbonyl (C=O) groups is 2. The number of hydrogen-bond acceptors (Lipinski definition) is 6. The van der Waals surface area contributed by atoms with Crippen molar-refractivity contribution in [1.82, 2.24) is 4.98 Å². The van der Waals surface area contributed by atoms with Crippen LogP contribution in [0.4, 0.5) is 5.13 Å². The number of anilines is 1. The van der Waals surface area contributed by atoms with Crippen LogP contribution in [0, 0.1) is 0 Å². The lowest BCUT2D eigenvalue weighted by molar-refractivity contribution is -0.116. The third-order valence-electron chi connectivity index (χ3n) is 4.82. The fourth-order valence-electron chi connectivity index (χ4n) is 3.21. The zero-order valence-corrected chi connectivity index (χ0v) is 19.8. The molecule has 0 bridgehead atoms. The molecule has 6 nitrogen and oxygen atoms in total. The molecule has 1 heterocycles. The Morgan fingerprint density at radius 2 is 1.81 bits per heavy atom. The molecule has 168 valence electrons. The molecule has 0 aliphatic rings. The summed E-state index contributed by atoms with van der Waals surface area (Å²) in [6.45, 7) is 2.10. The Balaban J connectivity index is 1.68. The fraction of sp³-hybridized carbons (Fsp3) is 0.292. The van der Waals surface area contributed by atoms with Gasteiger partial charge in [-0.2, -0.15) is 0 Å². The molecule has 0 aliphatic carbocycles. The van der Waals surface area contributed by atoms with Gasteiger partial charge in [0, 0.05) is 28.3 Å². The summed E-state index contributed by atoms with van der Waals surface area (Å²) in [5.74, 6) is 0.552. The highest BCUT2D eigenvalue weighted by molar-refractivity contribution is 7.16. The summed E-state index contributed by atoms with van der Waals surface area (Å²) < 4.78 is 10.4. The summed E-state index contributed by atoms with van der Waals surface area (Å²) in [5.41, 5.74) is 2.19. The Kier molecular flexibility index (Phi) is 8.25. The second-order valence-corrected chi connectivity index (χ2v) is 8.61. The lowest BCUT2D eigenvalue weighted by Crippen LogP contribution is -2.13. The van der Waals surface area contributed by atoms with E-state index in [1.54, 1.807) is 18.2 Å². The molecular formula is C24H25ClN2O4S. The third kappa shape index (κ3) is 5.87. The second kappa shape index (κ2) is 11.1. The Labute approximate surface area is 196 Å². The lowest BCUT2D eigenvalue weighted by atomic mass is 10.0. The zero-order chi connectivity index (χ0) is 23.1. The molecule has 1 N–H and O–H groups in total. The minimum Gasteiger partial charge on any atom is -0.497 e. The number of nitrogens with zero attached hydrogens (tertiary/aromatic N) is 1. The van der Waals surface area contributed by atoms with Crippen LogP contribution < -0.4 is 14.8 Å². The van der Waals surface area contributed by atoms with Gasteiger partial charge in [-0.25, -0.2) is 4.98 Å². The number of nitrogens with one attached hydrogen (secondary N) is 1. The first-order chi connectivity index (χ1) is 15.4. The number of aryl methyl sites for hydroxylation is 1. The number of amides is 1. The molecule has 8 heteroatoms. The van der Waals surface area contributed by atoms with Crippen LogP contribution in [0.25, 0.3) is 11.3 Å². The summed E-state index contributed by atoms with van der Waals surface area (Å²) in [4.78, 5) is 30.9. The first-order valence-electron chi connectivity index (χ1n) is 10.3. The Bertz CT molecular complexity index is 1100. The minimum atomic E-state index is -0.264. The van der Waals surface area contributed by atoms with E-state index in [1.165, 1.54) is 25.6 Å². The van der Waals surface area contributed by atoms with Crippen LogP contribution in [-0.4, -0.2) is 30.9 Å². The van der Waals surface area contributed by atoms with E-state index in [1.807, 2.05) is 24.3 Å². The van der Waals surface area contributed by atoms with E-state index in [4.69, 9.17) is 21.1 Å². The number of halogens is 1. The summed E-state index contributed by atoms with van der Waals surface area (Å²) in [5, 5.41) is 4.02. The van der Waals surface area contributed by atoms with Crippen molar-refractivity contribution in [2.24, 2.45) is 0 Å². The van der Waals surface area contributed by atoms with Crippen molar-refractivity contribution in [2.75, 3.05) is 19.5 Å². The molecule has 1 aromatic heterocycles. The van der Waals surface area contributed by atoms with Gasteiger partial charge in [-0.3, -0.25) is 9.59 Å². The molecule has 1 amide bonds. The van der Waals surface area contributed by atoms with Crippen molar-refractivity contribution in [2.45, 2.75) is 32.6 Å². The van der Waals surface area contributed by atoms with Gasteiger partial charge in [0.15, 0.2) is 10.9 Å². The van der Waals surface area contributed by atoms with Gasteiger partial charge in [0.25, 0.3) is 0 Å². The number of benzene rings is 2. The molecule has 32 heavy (non-hydrogen) atoms. The van der Waals surface area contributed by atoms with E-state index in [0.29, 0.717) is 27.2 Å². The predicted molar refractivity (Wildman–Crippen MR) is 128 cm³/mol. The highest BCUT2D eigenvalue weighted by Crippen LogP contribution is 2.33. The van der Waals surface area contributed by atoms with Crippen molar-refractivity contribution in [3.63, 3.8) is 0 Å². The van der Waals surface area contributed by atoms with E-state index in [-0.39, 0.29) is 24.5 Å². The number of rotatable bonds is 10. The average molecular weight is 473 g/mol. The minimum absolute atomic E-state index is 0.0398. The summed E-state index contributed by atoms with van der Waals surface area (Å²) in [6.07, 6.45) is 1.91. The molecule has 0 atom stereocenters. The third-order valence-corrected chi connectivity index (χ3v) is 6.11. The standard InChI is InChI=1S/C24H25ClN2O4S/c1-4-5-21-23(15-6-8-16(25)9-7-15)27-24(32-21)26-22(29)13-11-19(28)18-14-17(30-2)10-12-20(18)31-3/h6-10,12,14H,4-5,11,13H2,1-3H3,(H,26,27,29). The maximum Gasteiger partial charge on any atom is 0.226 e. The van der Waals surface area contributed by atoms with E-state index in [2.05, 4.69) is 17.2 Å². The molecule has 0 fully saturated rings. The van der Waals surface area contributed by atoms with E-state index in [9.17, 15) is 9.59 Å². The summed E-state index contributed by atoms with van der Waals surface area (Å²) in [6, 6.07) is 12.5. The summed E-state index contributed by atoms with van der Waals surface area (Å²) >= 11 is 7.45. The fourth-order valence-corrected chi connectivity index (χ4v) is 4.44. The monoisotopic (exact) mass is 472 g/mol. The first kappa shape index (κ1) is 23.8. The van der Waals surface area contributed by atoms with Crippen LogP contribution >= 0.6 is 22.9 Å². The molecule has 3 aromatic rings. The maximum atomic E-state index is 12.7. The highest BCUT2D eigenvalue weighted by Gasteiger charge is 2.18. The number of methoxy groups -OCH3 is 2. The SMILES string of the molecule is CCCc1sc(NC(=O)CCC(=O)c2cc(OC)ccc2OC)nc1-c1ccc(Cl)cc1. The van der Waals surface area contributed by atoms with Crippen molar-refractivity contribution < 1.29 is 19.1 Å². The second-order valence-electron chi connectivity index (χ2n) is 7.09. The van der Waals surface area contributed by atoms with E-state index < -0.39 is 0 Å². The van der Waals surface area contributed by atoms with Gasteiger partial charge in [-0.05, 0) is 36.8 Å². The Morgan fingerprint density at radius 1 is 1.06 bits per heavy atom. The number of thiazole rings is 1. The molecule has 0 radical (unpaired) electrons. The molecule has 0 spiro atoms. The quantitative estimate of drug-likeness (QED) is 0.364. The number of hydrogen-bond donors (Lipinski definition) is 1. The number of ketones is 1. The smallest absolute Gasteiger partial charge is 0.226 e. The molecule has 0 unspecified atom stereocenters. The molecular weight excluding hydrogens is 448 g/mol. The predicted octanol–water partition coefficient (Wildman–Crippen LogP) is 6.03. The first-order valence-corrected chi connectivity index (χ1v) is 11.4.